The van der Waals surface area contributed by atoms with E-state index in [0.717, 1.165) is 0 Å². The molecule has 8 nitrogen and oxygen atoms in total. The Hall–Kier alpha value is -3.58. The van der Waals surface area contributed by atoms with E-state index in [1.807, 2.05) is 6.07 Å². The van der Waals surface area contributed by atoms with E-state index in [9.17, 15) is 13.6 Å². The Bertz CT molecular complexity index is 1370. The van der Waals surface area contributed by atoms with Gasteiger partial charge in [0.05, 0.1) is 53.2 Å². The summed E-state index contributed by atoms with van der Waals surface area (Å²) in [6.07, 6.45) is 5.03. The van der Waals surface area contributed by atoms with Gasteiger partial charge in [0.1, 0.15) is 12.0 Å². The topological polar surface area (TPSA) is 112 Å². The zero-order chi connectivity index (χ0) is 21.0. The summed E-state index contributed by atoms with van der Waals surface area (Å²) in [6, 6.07) is 1.92. The van der Waals surface area contributed by atoms with Crippen LogP contribution >= 0.6 is 11.6 Å². The number of carbonyl (C=O) groups is 1. The van der Waals surface area contributed by atoms with Crippen LogP contribution in [0.15, 0.2) is 24.8 Å². The predicted molar refractivity (Wildman–Crippen MR) is 104 cm³/mol. The number of alkyl halides is 1. The van der Waals surface area contributed by atoms with Crippen LogP contribution in [0.2, 0.25) is 5.02 Å². The number of hydrogen-bond acceptors (Lipinski definition) is 5. The van der Waals surface area contributed by atoms with Crippen molar-refractivity contribution in [3.63, 3.8) is 0 Å². The Morgan fingerprint density at radius 2 is 2.23 bits per heavy atom. The molecule has 150 valence electrons. The van der Waals surface area contributed by atoms with E-state index < -0.39 is 23.8 Å². The molecule has 0 saturated heterocycles. The molecule has 0 aliphatic heterocycles. The van der Waals surface area contributed by atoms with Gasteiger partial charge < -0.3 is 9.72 Å². The van der Waals surface area contributed by atoms with E-state index in [1.165, 1.54) is 12.4 Å². The number of halogens is 3. The number of nitrogens with one attached hydrogen (secondary N) is 2. The van der Waals surface area contributed by atoms with Gasteiger partial charge in [0, 0.05) is 22.7 Å². The van der Waals surface area contributed by atoms with E-state index >= 15 is 0 Å². The van der Waals surface area contributed by atoms with Gasteiger partial charge in [-0.2, -0.15) is 10.4 Å². The fourth-order valence-electron chi connectivity index (χ4n) is 3.41. The van der Waals surface area contributed by atoms with Gasteiger partial charge in [-0.25, -0.2) is 13.8 Å². The van der Waals surface area contributed by atoms with Crippen molar-refractivity contribution in [2.75, 3.05) is 5.32 Å². The second kappa shape index (κ2) is 6.74. The summed E-state index contributed by atoms with van der Waals surface area (Å²) in [4.78, 5) is 20.5. The molecule has 1 aromatic carbocycles. The van der Waals surface area contributed by atoms with Crippen LogP contribution in [0.5, 0.6) is 0 Å². The molecule has 30 heavy (non-hydrogen) atoms. The Kier molecular flexibility index (Phi) is 4.15. The molecule has 11 heteroatoms. The number of hydrogen-bond donors (Lipinski definition) is 2. The maximum absolute atomic E-state index is 14.9. The fourth-order valence-corrected chi connectivity index (χ4v) is 3.73. The van der Waals surface area contributed by atoms with Crippen molar-refractivity contribution in [1.82, 2.24) is 24.6 Å². The molecule has 3 heterocycles. The molecular weight excluding hydrogens is 416 g/mol. The zero-order valence-corrected chi connectivity index (χ0v) is 15.9. The maximum Gasteiger partial charge on any atom is 0.231 e. The van der Waals surface area contributed by atoms with Crippen LogP contribution in [0, 0.1) is 23.1 Å². The summed E-state index contributed by atoms with van der Waals surface area (Å²) in [7, 11) is 0. The maximum atomic E-state index is 14.9. The highest BCUT2D eigenvalue weighted by Gasteiger charge is 2.43. The SMILES string of the molecule is N#CCc1c(F)c(Cl)c(-c2cn3cc(NC(=O)C4CC4F)nc3cn2)c2cn[nH]c12. The summed E-state index contributed by atoms with van der Waals surface area (Å²) < 4.78 is 29.5. The average Bonchev–Trinajstić information content (AvgIpc) is 3.11. The van der Waals surface area contributed by atoms with Gasteiger partial charge in [0.15, 0.2) is 11.5 Å². The minimum atomic E-state index is -1.10. The average molecular weight is 428 g/mol. The normalized spacial score (nSPS) is 17.9. The number of rotatable bonds is 4. The molecule has 1 aliphatic rings. The van der Waals surface area contributed by atoms with Crippen LogP contribution in [0.4, 0.5) is 14.6 Å². The fraction of sp³-hybridized carbons (Fsp3) is 0.211. The van der Waals surface area contributed by atoms with Gasteiger partial charge >= 0.3 is 0 Å². The Morgan fingerprint density at radius 3 is 2.97 bits per heavy atom. The van der Waals surface area contributed by atoms with E-state index in [4.69, 9.17) is 16.9 Å². The first-order valence-electron chi connectivity index (χ1n) is 8.98. The number of nitriles is 1. The lowest BCUT2D eigenvalue weighted by Gasteiger charge is -2.10. The van der Waals surface area contributed by atoms with Crippen molar-refractivity contribution in [1.29, 1.82) is 5.26 Å². The predicted octanol–water partition coefficient (Wildman–Crippen LogP) is 3.43. The Morgan fingerprint density at radius 1 is 1.43 bits per heavy atom. The minimum absolute atomic E-state index is 0.138. The van der Waals surface area contributed by atoms with Gasteiger partial charge in [-0.15, -0.1) is 0 Å². The third-order valence-electron chi connectivity index (χ3n) is 5.04. The number of aromatic nitrogens is 5. The van der Waals surface area contributed by atoms with E-state index in [-0.39, 0.29) is 29.2 Å². The third-order valence-corrected chi connectivity index (χ3v) is 5.40. The van der Waals surface area contributed by atoms with Gasteiger partial charge in [0.2, 0.25) is 5.91 Å². The van der Waals surface area contributed by atoms with Gasteiger partial charge in [0.25, 0.3) is 0 Å². The largest absolute Gasteiger partial charge is 0.309 e. The van der Waals surface area contributed by atoms with Crippen LogP contribution in [-0.4, -0.2) is 36.6 Å². The Balaban J connectivity index is 1.58. The summed E-state index contributed by atoms with van der Waals surface area (Å²) in [6.45, 7) is 0. The standard InChI is InChI=1S/C19H12ClF2N7O/c20-16-15(10-4-25-28-18(10)8(1-2-23)17(16)22)12-6-29-7-13(26-14(29)5-24-12)27-19(30)9-3-11(9)21/h4-7,9,11H,1,3H2,(H,25,28)(H,27,30). The number of nitrogens with zero attached hydrogens (tertiary/aromatic N) is 5. The summed E-state index contributed by atoms with van der Waals surface area (Å²) >= 11 is 6.30. The van der Waals surface area contributed by atoms with Crippen LogP contribution in [0.1, 0.15) is 12.0 Å². The number of aromatic amines is 1. The number of fused-ring (bicyclic) bond motifs is 2. The molecule has 0 radical (unpaired) electrons. The van der Waals surface area contributed by atoms with E-state index in [2.05, 4.69) is 25.5 Å². The highest BCUT2D eigenvalue weighted by Crippen LogP contribution is 2.38. The molecule has 2 unspecified atom stereocenters. The minimum Gasteiger partial charge on any atom is -0.309 e. The second-order valence-electron chi connectivity index (χ2n) is 6.99. The highest BCUT2D eigenvalue weighted by molar-refractivity contribution is 6.35. The number of anilines is 1. The zero-order valence-electron chi connectivity index (χ0n) is 15.2. The summed E-state index contributed by atoms with van der Waals surface area (Å²) in [5.74, 6) is -1.51. The lowest BCUT2D eigenvalue weighted by molar-refractivity contribution is -0.117. The van der Waals surface area contributed by atoms with Crippen molar-refractivity contribution in [2.24, 2.45) is 5.92 Å². The molecule has 1 fully saturated rings. The van der Waals surface area contributed by atoms with E-state index in [1.54, 1.807) is 16.8 Å². The number of imidazole rings is 1. The van der Waals surface area contributed by atoms with Gasteiger partial charge in [-0.05, 0) is 6.42 Å². The highest BCUT2D eigenvalue weighted by atomic mass is 35.5. The van der Waals surface area contributed by atoms with Crippen LogP contribution in [0.25, 0.3) is 27.8 Å². The van der Waals surface area contributed by atoms with Gasteiger partial charge in [-0.1, -0.05) is 11.6 Å². The molecule has 0 spiro atoms. The molecule has 5 rings (SSSR count). The van der Waals surface area contributed by atoms with Crippen molar-refractivity contribution in [3.05, 3.63) is 41.2 Å². The van der Waals surface area contributed by atoms with Crippen molar-refractivity contribution < 1.29 is 13.6 Å². The van der Waals surface area contributed by atoms with Crippen molar-refractivity contribution in [3.8, 4) is 17.3 Å². The molecular formula is C19H12ClF2N7O. The van der Waals surface area contributed by atoms with Crippen LogP contribution in [-0.2, 0) is 11.2 Å². The molecule has 1 amide bonds. The van der Waals surface area contributed by atoms with E-state index in [0.29, 0.717) is 27.8 Å². The molecule has 1 saturated carbocycles. The number of amides is 1. The second-order valence-corrected chi connectivity index (χ2v) is 7.36. The lowest BCUT2D eigenvalue weighted by atomic mass is 10.0. The van der Waals surface area contributed by atoms with Crippen LogP contribution in [0.3, 0.4) is 0 Å². The summed E-state index contributed by atoms with van der Waals surface area (Å²) in [5, 5.41) is 18.6. The number of carbonyl (C=O) groups excluding carboxylic acids is 1. The first kappa shape index (κ1) is 18.4. The monoisotopic (exact) mass is 427 g/mol. The number of H-pyrrole nitrogens is 1. The molecule has 2 atom stereocenters. The van der Waals surface area contributed by atoms with Crippen molar-refractivity contribution in [2.45, 2.75) is 19.0 Å². The van der Waals surface area contributed by atoms with Crippen LogP contribution < -0.4 is 5.32 Å². The molecule has 1 aliphatic carbocycles. The Labute approximate surface area is 172 Å². The molecule has 3 aromatic heterocycles. The number of benzene rings is 1. The van der Waals surface area contributed by atoms with Gasteiger partial charge in [-0.3, -0.25) is 14.9 Å². The molecule has 0 bridgehead atoms. The third kappa shape index (κ3) is 2.86. The lowest BCUT2D eigenvalue weighted by Crippen LogP contribution is -2.15. The smallest absolute Gasteiger partial charge is 0.231 e. The molecule has 2 N–H and O–H groups in total. The quantitative estimate of drug-likeness (QED) is 0.518. The first-order valence-corrected chi connectivity index (χ1v) is 9.35. The first-order chi connectivity index (χ1) is 14.5. The molecule has 4 aromatic rings. The van der Waals surface area contributed by atoms with Crippen molar-refractivity contribution >= 4 is 39.9 Å². The summed E-state index contributed by atoms with van der Waals surface area (Å²) in [5.41, 5.74) is 1.61.